The maximum atomic E-state index is 12.9. The highest BCUT2D eigenvalue weighted by Gasteiger charge is 2.35. The minimum atomic E-state index is -0.605. The molecule has 2 amide bonds. The van der Waals surface area contributed by atoms with E-state index in [4.69, 9.17) is 0 Å². The van der Waals surface area contributed by atoms with Gasteiger partial charge in [0.15, 0.2) is 0 Å². The zero-order valence-electron chi connectivity index (χ0n) is 14.8. The van der Waals surface area contributed by atoms with E-state index in [1.165, 1.54) is 5.56 Å². The average molecular weight is 344 g/mol. The molecule has 1 N–H and O–H groups in total. The Morgan fingerprint density at radius 2 is 1.73 bits per heavy atom. The smallest absolute Gasteiger partial charge is 0.259 e. The quantitative estimate of drug-likeness (QED) is 0.763. The van der Waals surface area contributed by atoms with Crippen LogP contribution in [-0.4, -0.2) is 17.9 Å². The number of nitrogens with one attached hydrogen (secondary N) is 1. The molecular weight excluding hydrogens is 324 g/mol. The van der Waals surface area contributed by atoms with Gasteiger partial charge in [-0.05, 0) is 48.6 Å². The number of rotatable bonds is 4. The molecule has 0 spiro atoms. The second-order valence-corrected chi connectivity index (χ2v) is 6.57. The third-order valence-corrected chi connectivity index (χ3v) is 4.99. The third-order valence-electron chi connectivity index (χ3n) is 4.99. The van der Waals surface area contributed by atoms with Gasteiger partial charge in [-0.15, -0.1) is 0 Å². The van der Waals surface area contributed by atoms with Crippen molar-refractivity contribution in [2.24, 2.45) is 0 Å². The van der Waals surface area contributed by atoms with Gasteiger partial charge in [0.2, 0.25) is 5.91 Å². The summed E-state index contributed by atoms with van der Waals surface area (Å²) < 4.78 is 0. The predicted octanol–water partition coefficient (Wildman–Crippen LogP) is 4.39. The average Bonchev–Trinajstić information content (AvgIpc) is 2.96. The van der Waals surface area contributed by atoms with Crippen LogP contribution in [0.3, 0.4) is 0 Å². The Kier molecular flexibility index (Phi) is 3.96. The van der Waals surface area contributed by atoms with Crippen molar-refractivity contribution in [3.63, 3.8) is 0 Å². The second kappa shape index (κ2) is 6.30. The summed E-state index contributed by atoms with van der Waals surface area (Å²) in [6.45, 7) is 3.85. The molecule has 1 unspecified atom stereocenters. The lowest BCUT2D eigenvalue weighted by Crippen LogP contribution is -2.44. The van der Waals surface area contributed by atoms with E-state index in [0.29, 0.717) is 5.56 Å². The first-order valence-electron chi connectivity index (χ1n) is 8.85. The van der Waals surface area contributed by atoms with E-state index in [-0.39, 0.29) is 11.8 Å². The van der Waals surface area contributed by atoms with Gasteiger partial charge < -0.3 is 5.32 Å². The summed E-state index contributed by atoms with van der Waals surface area (Å²) in [6.07, 6.45) is 0.954. The summed E-state index contributed by atoms with van der Waals surface area (Å²) in [5.74, 6) is -0.326. The fourth-order valence-electron chi connectivity index (χ4n) is 3.51. The van der Waals surface area contributed by atoms with Gasteiger partial charge in [-0.3, -0.25) is 14.5 Å². The van der Waals surface area contributed by atoms with E-state index in [0.717, 1.165) is 28.6 Å². The molecule has 1 aliphatic heterocycles. The van der Waals surface area contributed by atoms with Crippen LogP contribution < -0.4 is 10.2 Å². The fourth-order valence-corrected chi connectivity index (χ4v) is 3.51. The molecular formula is C22H20N2O2. The fraction of sp³-hybridized carbons (Fsp3) is 0.182. The molecule has 26 heavy (non-hydrogen) atoms. The van der Waals surface area contributed by atoms with Gasteiger partial charge in [0.25, 0.3) is 5.91 Å². The summed E-state index contributed by atoms with van der Waals surface area (Å²) in [5, 5.41) is 4.85. The lowest BCUT2D eigenvalue weighted by molar-refractivity contribution is -0.117. The van der Waals surface area contributed by atoms with Gasteiger partial charge in [0.05, 0.1) is 5.69 Å². The first kappa shape index (κ1) is 16.3. The molecule has 0 aliphatic carbocycles. The summed E-state index contributed by atoms with van der Waals surface area (Å²) in [5.41, 5.74) is 3.41. The number of hydrogen-bond donors (Lipinski definition) is 1. The van der Waals surface area contributed by atoms with Crippen LogP contribution >= 0.6 is 0 Å². The number of benzene rings is 3. The maximum Gasteiger partial charge on any atom is 0.259 e. The van der Waals surface area contributed by atoms with Crippen LogP contribution in [0.15, 0.2) is 60.7 Å². The Hall–Kier alpha value is -3.14. The van der Waals surface area contributed by atoms with Crippen LogP contribution in [0, 0.1) is 0 Å². The number of carbonyl (C=O) groups is 2. The molecule has 0 bridgehead atoms. The number of nitrogens with zero attached hydrogens (tertiary/aromatic N) is 1. The highest BCUT2D eigenvalue weighted by atomic mass is 16.2. The van der Waals surface area contributed by atoms with Crippen LogP contribution in [0.25, 0.3) is 10.8 Å². The van der Waals surface area contributed by atoms with Crippen molar-refractivity contribution < 1.29 is 9.59 Å². The van der Waals surface area contributed by atoms with Crippen LogP contribution in [0.4, 0.5) is 11.4 Å². The molecule has 130 valence electrons. The topological polar surface area (TPSA) is 49.4 Å². The molecule has 1 aliphatic rings. The Morgan fingerprint density at radius 1 is 1.04 bits per heavy atom. The van der Waals surface area contributed by atoms with Gasteiger partial charge in [0.1, 0.15) is 6.04 Å². The molecule has 1 atom stereocenters. The molecule has 0 saturated heterocycles. The van der Waals surface area contributed by atoms with Crippen molar-refractivity contribution in [3.8, 4) is 0 Å². The van der Waals surface area contributed by atoms with E-state index in [1.807, 2.05) is 60.7 Å². The van der Waals surface area contributed by atoms with Crippen LogP contribution in [0.1, 0.15) is 29.8 Å². The molecule has 0 radical (unpaired) electrons. The molecule has 0 saturated carbocycles. The van der Waals surface area contributed by atoms with Gasteiger partial charge in [-0.1, -0.05) is 43.3 Å². The highest BCUT2D eigenvalue weighted by molar-refractivity contribution is 6.26. The molecule has 0 fully saturated rings. The minimum Gasteiger partial charge on any atom is -0.324 e. The van der Waals surface area contributed by atoms with Crippen molar-refractivity contribution in [1.29, 1.82) is 0 Å². The molecule has 1 heterocycles. The zero-order chi connectivity index (χ0) is 18.3. The number of carbonyl (C=O) groups excluding carboxylic acids is 2. The van der Waals surface area contributed by atoms with E-state index in [2.05, 4.69) is 12.2 Å². The standard InChI is InChI=1S/C22H20N2O2/c1-3-15-10-12-17(13-11-15)23-21(25)14(2)24-19-9-5-7-16-6-4-8-18(20(16)19)22(24)26/h4-14H,3H2,1-2H3,(H,23,25). The maximum absolute atomic E-state index is 12.9. The molecule has 4 nitrogen and oxygen atoms in total. The van der Waals surface area contributed by atoms with Crippen molar-refractivity contribution in [2.75, 3.05) is 10.2 Å². The summed E-state index contributed by atoms with van der Waals surface area (Å²) in [4.78, 5) is 27.3. The Balaban J connectivity index is 1.62. The van der Waals surface area contributed by atoms with Crippen LogP contribution in [0.2, 0.25) is 0 Å². The molecule has 4 rings (SSSR count). The lowest BCUT2D eigenvalue weighted by Gasteiger charge is -2.24. The normalized spacial score (nSPS) is 13.9. The van der Waals surface area contributed by atoms with Crippen molar-refractivity contribution in [3.05, 3.63) is 71.8 Å². The summed E-state index contributed by atoms with van der Waals surface area (Å²) >= 11 is 0. The SMILES string of the molecule is CCc1ccc(NC(=O)C(C)N2C(=O)c3cccc4cccc2c34)cc1. The number of aryl methyl sites for hydroxylation is 1. The van der Waals surface area contributed by atoms with Crippen LogP contribution in [-0.2, 0) is 11.2 Å². The first-order chi connectivity index (χ1) is 12.6. The van der Waals surface area contributed by atoms with E-state index < -0.39 is 6.04 Å². The molecule has 3 aromatic carbocycles. The molecule has 4 heteroatoms. The number of anilines is 2. The van der Waals surface area contributed by atoms with Crippen molar-refractivity contribution in [2.45, 2.75) is 26.3 Å². The summed E-state index contributed by atoms with van der Waals surface area (Å²) in [7, 11) is 0. The van der Waals surface area contributed by atoms with Gasteiger partial charge in [0, 0.05) is 16.6 Å². The zero-order valence-corrected chi connectivity index (χ0v) is 14.8. The van der Waals surface area contributed by atoms with Crippen molar-refractivity contribution >= 4 is 34.0 Å². The molecule has 0 aromatic heterocycles. The summed E-state index contributed by atoms with van der Waals surface area (Å²) in [6, 6.07) is 18.7. The van der Waals surface area contributed by atoms with Crippen LogP contribution in [0.5, 0.6) is 0 Å². The third kappa shape index (κ3) is 2.54. The van der Waals surface area contributed by atoms with Gasteiger partial charge in [-0.2, -0.15) is 0 Å². The number of hydrogen-bond acceptors (Lipinski definition) is 2. The predicted molar refractivity (Wildman–Crippen MR) is 105 cm³/mol. The molecule has 3 aromatic rings. The van der Waals surface area contributed by atoms with Gasteiger partial charge in [-0.25, -0.2) is 0 Å². The second-order valence-electron chi connectivity index (χ2n) is 6.57. The highest BCUT2D eigenvalue weighted by Crippen LogP contribution is 2.38. The largest absolute Gasteiger partial charge is 0.324 e. The Bertz CT molecular complexity index is 1000. The first-order valence-corrected chi connectivity index (χ1v) is 8.85. The minimum absolute atomic E-state index is 0.124. The Morgan fingerprint density at radius 3 is 2.42 bits per heavy atom. The monoisotopic (exact) mass is 344 g/mol. The Labute approximate surface area is 152 Å². The van der Waals surface area contributed by atoms with E-state index in [1.54, 1.807) is 11.8 Å². The number of amides is 2. The van der Waals surface area contributed by atoms with Crippen molar-refractivity contribution in [1.82, 2.24) is 0 Å². The van der Waals surface area contributed by atoms with E-state index >= 15 is 0 Å². The lowest BCUT2D eigenvalue weighted by atomic mass is 10.1. The van der Waals surface area contributed by atoms with Gasteiger partial charge >= 0.3 is 0 Å². The van der Waals surface area contributed by atoms with E-state index in [9.17, 15) is 9.59 Å².